The Hall–Kier alpha value is -2.65. The minimum Gasteiger partial charge on any atom is -0.390 e. The van der Waals surface area contributed by atoms with Gasteiger partial charge in [-0.15, -0.1) is 0 Å². The molecule has 2 heterocycles. The fourth-order valence-corrected chi connectivity index (χ4v) is 4.84. The van der Waals surface area contributed by atoms with Gasteiger partial charge in [-0.3, -0.25) is 9.59 Å². The van der Waals surface area contributed by atoms with Crippen molar-refractivity contribution in [1.82, 2.24) is 25.6 Å². The summed E-state index contributed by atoms with van der Waals surface area (Å²) in [6.45, 7) is 0. The minimum atomic E-state index is -1.03. The maximum Gasteiger partial charge on any atom is 0.268 e. The Bertz CT molecular complexity index is 875. The first-order valence-corrected chi connectivity index (χ1v) is 12.1. The first-order chi connectivity index (χ1) is 16.0. The van der Waals surface area contributed by atoms with Gasteiger partial charge in [-0.05, 0) is 43.2 Å². The van der Waals surface area contributed by atoms with E-state index in [1.165, 1.54) is 12.7 Å². The van der Waals surface area contributed by atoms with Crippen LogP contribution in [0.25, 0.3) is 0 Å². The number of carbonyl (C=O) groups is 2. The number of aromatic nitrogens is 3. The third-order valence-corrected chi connectivity index (χ3v) is 6.95. The highest BCUT2D eigenvalue weighted by Gasteiger charge is 2.40. The molecule has 4 atom stereocenters. The molecule has 2 fully saturated rings. The second kappa shape index (κ2) is 11.0. The summed E-state index contributed by atoms with van der Waals surface area (Å²) < 4.78 is 0. The molecule has 0 radical (unpaired) electrons. The zero-order chi connectivity index (χ0) is 23.2. The summed E-state index contributed by atoms with van der Waals surface area (Å²) in [6, 6.07) is 1.93. The molecule has 0 saturated heterocycles. The van der Waals surface area contributed by atoms with E-state index < -0.39 is 24.3 Å². The van der Waals surface area contributed by atoms with E-state index in [4.69, 9.17) is 0 Å². The number of nitrogens with zero attached hydrogens (tertiary/aromatic N) is 1. The van der Waals surface area contributed by atoms with Gasteiger partial charge in [0.1, 0.15) is 17.8 Å². The average Bonchev–Trinajstić information content (AvgIpc) is 3.28. The van der Waals surface area contributed by atoms with E-state index in [-0.39, 0.29) is 24.2 Å². The Morgan fingerprint density at radius 2 is 1.88 bits per heavy atom. The number of aliphatic hydroxyl groups excluding tert-OH is 2. The summed E-state index contributed by atoms with van der Waals surface area (Å²) in [7, 11) is 0. The normalized spacial score (nSPS) is 20.5. The highest BCUT2D eigenvalue weighted by atomic mass is 16.3. The van der Waals surface area contributed by atoms with Crippen LogP contribution in [-0.4, -0.2) is 61.3 Å². The van der Waals surface area contributed by atoms with Crippen LogP contribution in [0.5, 0.6) is 0 Å². The maximum absolute atomic E-state index is 13.4. The van der Waals surface area contributed by atoms with Gasteiger partial charge in [-0.2, -0.15) is 0 Å². The predicted octanol–water partition coefficient (Wildman–Crippen LogP) is 1.67. The van der Waals surface area contributed by atoms with Crippen LogP contribution in [0.4, 0.5) is 0 Å². The van der Waals surface area contributed by atoms with Crippen molar-refractivity contribution in [3.63, 3.8) is 0 Å². The molecule has 2 amide bonds. The molecule has 0 aromatic carbocycles. The third kappa shape index (κ3) is 6.45. The molecule has 2 aromatic heterocycles. The molecule has 9 nitrogen and oxygen atoms in total. The van der Waals surface area contributed by atoms with Gasteiger partial charge in [0.25, 0.3) is 5.91 Å². The van der Waals surface area contributed by atoms with Crippen molar-refractivity contribution in [1.29, 1.82) is 0 Å². The van der Waals surface area contributed by atoms with Crippen molar-refractivity contribution in [3.05, 3.63) is 42.2 Å². The fraction of sp³-hybridized carbons (Fsp3) is 0.625. The summed E-state index contributed by atoms with van der Waals surface area (Å²) in [5, 5.41) is 27.3. The second-order valence-electron chi connectivity index (χ2n) is 9.56. The van der Waals surface area contributed by atoms with E-state index >= 15 is 0 Å². The molecule has 2 aliphatic rings. The van der Waals surface area contributed by atoms with Gasteiger partial charge in [0.2, 0.25) is 5.91 Å². The van der Waals surface area contributed by atoms with Crippen LogP contribution in [0.15, 0.2) is 30.9 Å². The van der Waals surface area contributed by atoms with Gasteiger partial charge < -0.3 is 30.8 Å². The summed E-state index contributed by atoms with van der Waals surface area (Å²) in [4.78, 5) is 35.9. The molecule has 4 rings (SSSR count). The monoisotopic (exact) mass is 457 g/mol. The van der Waals surface area contributed by atoms with Crippen molar-refractivity contribution in [2.45, 2.75) is 82.1 Å². The lowest BCUT2D eigenvalue weighted by Crippen LogP contribution is -2.56. The summed E-state index contributed by atoms with van der Waals surface area (Å²) in [5.41, 5.74) is 1.07. The quantitative estimate of drug-likeness (QED) is 0.304. The van der Waals surface area contributed by atoms with E-state index in [0.29, 0.717) is 23.7 Å². The Morgan fingerprint density at radius 1 is 1.09 bits per heavy atom. The van der Waals surface area contributed by atoms with Crippen LogP contribution >= 0.6 is 0 Å². The lowest BCUT2D eigenvalue weighted by Gasteiger charge is -2.33. The number of nitrogens with one attached hydrogen (secondary N) is 4. The molecule has 33 heavy (non-hydrogen) atoms. The van der Waals surface area contributed by atoms with E-state index in [9.17, 15) is 19.8 Å². The number of H-pyrrole nitrogens is 2. The lowest BCUT2D eigenvalue weighted by molar-refractivity contribution is -0.125. The van der Waals surface area contributed by atoms with Crippen molar-refractivity contribution in [2.24, 2.45) is 11.8 Å². The number of carbonyl (C=O) groups excluding carboxylic acids is 2. The Labute approximate surface area is 193 Å². The molecular weight excluding hydrogens is 422 g/mol. The molecule has 0 aliphatic heterocycles. The number of aromatic amines is 2. The van der Waals surface area contributed by atoms with Gasteiger partial charge in [0.15, 0.2) is 0 Å². The topological polar surface area (TPSA) is 143 Å². The third-order valence-electron chi connectivity index (χ3n) is 6.95. The zero-order valence-electron chi connectivity index (χ0n) is 18.9. The zero-order valence-corrected chi connectivity index (χ0v) is 18.9. The SMILES string of the molecule is O=C(N[C@@H](Cc1cnc[nH]1)C(=O)N[C@@H](CC1CCCCC1)[C@@H](O)[C@@H](O)C1CC1)c1ccc[nH]1. The van der Waals surface area contributed by atoms with Gasteiger partial charge in [-0.25, -0.2) is 4.98 Å². The van der Waals surface area contributed by atoms with E-state index in [0.717, 1.165) is 38.5 Å². The second-order valence-corrected chi connectivity index (χ2v) is 9.56. The molecule has 9 heteroatoms. The van der Waals surface area contributed by atoms with Crippen molar-refractivity contribution in [2.75, 3.05) is 0 Å². The van der Waals surface area contributed by atoms with Gasteiger partial charge in [0, 0.05) is 24.5 Å². The molecule has 2 aromatic rings. The molecule has 6 N–H and O–H groups in total. The average molecular weight is 458 g/mol. The number of aliphatic hydroxyl groups is 2. The number of amides is 2. The van der Waals surface area contributed by atoms with Crippen LogP contribution in [0.3, 0.4) is 0 Å². The molecule has 0 bridgehead atoms. The Balaban J connectivity index is 1.47. The van der Waals surface area contributed by atoms with E-state index in [1.54, 1.807) is 24.5 Å². The Kier molecular flexibility index (Phi) is 7.82. The van der Waals surface area contributed by atoms with Crippen molar-refractivity contribution >= 4 is 11.8 Å². The summed E-state index contributed by atoms with van der Waals surface area (Å²) >= 11 is 0. The molecule has 0 spiro atoms. The van der Waals surface area contributed by atoms with Crippen LogP contribution in [0.2, 0.25) is 0 Å². The number of hydrogen-bond donors (Lipinski definition) is 6. The first kappa shape index (κ1) is 23.5. The molecule has 0 unspecified atom stereocenters. The van der Waals surface area contributed by atoms with Crippen molar-refractivity contribution < 1.29 is 19.8 Å². The Morgan fingerprint density at radius 3 is 2.52 bits per heavy atom. The predicted molar refractivity (Wildman–Crippen MR) is 122 cm³/mol. The summed E-state index contributed by atoms with van der Waals surface area (Å²) in [5.74, 6) is -0.266. The smallest absolute Gasteiger partial charge is 0.268 e. The molecule has 2 aliphatic carbocycles. The largest absolute Gasteiger partial charge is 0.390 e. The number of rotatable bonds is 11. The molecular formula is C24H35N5O4. The van der Waals surface area contributed by atoms with Crippen LogP contribution in [0.1, 0.15) is 67.5 Å². The van der Waals surface area contributed by atoms with Gasteiger partial charge in [-0.1, -0.05) is 32.1 Å². The van der Waals surface area contributed by atoms with E-state index in [2.05, 4.69) is 25.6 Å². The first-order valence-electron chi connectivity index (χ1n) is 12.1. The minimum absolute atomic E-state index is 0.0964. The molecule has 2 saturated carbocycles. The van der Waals surface area contributed by atoms with E-state index in [1.807, 2.05) is 0 Å². The van der Waals surface area contributed by atoms with Crippen LogP contribution in [-0.2, 0) is 11.2 Å². The fourth-order valence-electron chi connectivity index (χ4n) is 4.84. The van der Waals surface area contributed by atoms with Gasteiger partial charge in [0.05, 0.1) is 18.5 Å². The number of imidazole rings is 1. The highest BCUT2D eigenvalue weighted by molar-refractivity contribution is 5.96. The van der Waals surface area contributed by atoms with Crippen molar-refractivity contribution in [3.8, 4) is 0 Å². The van der Waals surface area contributed by atoms with Gasteiger partial charge >= 0.3 is 0 Å². The maximum atomic E-state index is 13.4. The highest BCUT2D eigenvalue weighted by Crippen LogP contribution is 2.36. The summed E-state index contributed by atoms with van der Waals surface area (Å²) in [6.07, 6.45) is 11.2. The standard InChI is InChI=1S/C24H35N5O4/c30-21(16-8-9-16)22(31)19(11-15-5-2-1-3-6-15)28-24(33)20(12-17-13-25-14-27-17)29-23(32)18-7-4-10-26-18/h4,7,10,13-16,19-22,26,30-31H,1-3,5-6,8-9,11-12H2,(H,25,27)(H,28,33)(H,29,32)/t19-,20-,21-,22+/m0/s1. The van der Waals surface area contributed by atoms with Crippen LogP contribution < -0.4 is 10.6 Å². The molecule has 180 valence electrons. The lowest BCUT2D eigenvalue weighted by atomic mass is 9.82. The number of hydrogen-bond acceptors (Lipinski definition) is 5. The van der Waals surface area contributed by atoms with Crippen LogP contribution in [0, 0.1) is 11.8 Å².